The van der Waals surface area contributed by atoms with Crippen LogP contribution in [0.1, 0.15) is 31.2 Å². The number of carbonyl (C=O) groups is 3. The zero-order valence-corrected chi connectivity index (χ0v) is 14.2. The van der Waals surface area contributed by atoms with Crippen molar-refractivity contribution in [2.75, 3.05) is 6.54 Å². The highest BCUT2D eigenvalue weighted by molar-refractivity contribution is 6.05. The highest BCUT2D eigenvalue weighted by Gasteiger charge is 2.46. The quantitative estimate of drug-likeness (QED) is 0.203. The first-order chi connectivity index (χ1) is 12.6. The van der Waals surface area contributed by atoms with Gasteiger partial charge in [-0.25, -0.2) is 4.79 Å². The molecule has 1 aliphatic carbocycles. The minimum atomic E-state index is -0.569. The second-order valence-electron chi connectivity index (χ2n) is 6.26. The van der Waals surface area contributed by atoms with E-state index < -0.39 is 5.97 Å². The van der Waals surface area contributed by atoms with Crippen molar-refractivity contribution in [2.24, 2.45) is 22.7 Å². The van der Waals surface area contributed by atoms with Gasteiger partial charge in [0.05, 0.1) is 11.8 Å². The summed E-state index contributed by atoms with van der Waals surface area (Å²) in [6, 6.07) is 3.29. The van der Waals surface area contributed by atoms with Gasteiger partial charge >= 0.3 is 5.97 Å². The van der Waals surface area contributed by atoms with Crippen LogP contribution in [0.25, 0.3) is 0 Å². The lowest BCUT2D eigenvalue weighted by atomic mass is 9.85. The predicted molar refractivity (Wildman–Crippen MR) is 92.4 cm³/mol. The minimum absolute atomic E-state index is 0.0395. The van der Waals surface area contributed by atoms with Crippen molar-refractivity contribution in [2.45, 2.75) is 25.7 Å². The number of likely N-dealkylation sites (tertiary alicyclic amines) is 1. The van der Waals surface area contributed by atoms with Gasteiger partial charge in [-0.1, -0.05) is 17.3 Å². The second kappa shape index (κ2) is 7.90. The molecule has 0 unspecified atom stereocenters. The first-order valence-corrected chi connectivity index (χ1v) is 8.52. The normalized spacial score (nSPS) is 22.5. The Labute approximate surface area is 150 Å². The van der Waals surface area contributed by atoms with Crippen molar-refractivity contribution < 1.29 is 19.2 Å². The van der Waals surface area contributed by atoms with E-state index >= 15 is 0 Å². The molecule has 1 aromatic heterocycles. The Hall–Kier alpha value is -3.03. The van der Waals surface area contributed by atoms with Crippen molar-refractivity contribution >= 4 is 23.6 Å². The van der Waals surface area contributed by atoms with Crippen molar-refractivity contribution in [3.05, 3.63) is 42.2 Å². The summed E-state index contributed by atoms with van der Waals surface area (Å²) in [5.41, 5.74) is 6.31. The number of allylic oxidation sites excluding steroid dienone is 2. The number of nitrogens with zero attached hydrogens (tertiary/aromatic N) is 3. The van der Waals surface area contributed by atoms with Gasteiger partial charge < -0.3 is 10.6 Å². The summed E-state index contributed by atoms with van der Waals surface area (Å²) in [4.78, 5) is 46.3. The smallest absolute Gasteiger partial charge is 0.335 e. The van der Waals surface area contributed by atoms with E-state index in [0.29, 0.717) is 24.8 Å². The highest BCUT2D eigenvalue weighted by atomic mass is 16.7. The van der Waals surface area contributed by atoms with Crippen LogP contribution in [0.15, 0.2) is 41.8 Å². The van der Waals surface area contributed by atoms with Gasteiger partial charge in [0.25, 0.3) is 0 Å². The van der Waals surface area contributed by atoms with Gasteiger partial charge in [0.2, 0.25) is 11.8 Å². The predicted octanol–water partition coefficient (Wildman–Crippen LogP) is 0.976. The summed E-state index contributed by atoms with van der Waals surface area (Å²) in [6.07, 6.45) is 8.57. The van der Waals surface area contributed by atoms with E-state index in [2.05, 4.69) is 10.1 Å². The lowest BCUT2D eigenvalue weighted by Gasteiger charge is -2.14. The topological polar surface area (TPSA) is 115 Å². The molecule has 3 rings (SSSR count). The summed E-state index contributed by atoms with van der Waals surface area (Å²) in [7, 11) is 0. The van der Waals surface area contributed by atoms with Crippen molar-refractivity contribution in [3.8, 4) is 0 Å². The van der Waals surface area contributed by atoms with Crippen LogP contribution in [0.4, 0.5) is 0 Å². The number of aromatic nitrogens is 1. The van der Waals surface area contributed by atoms with Crippen LogP contribution < -0.4 is 5.73 Å². The van der Waals surface area contributed by atoms with Gasteiger partial charge in [-0.05, 0) is 31.4 Å². The van der Waals surface area contributed by atoms with E-state index in [4.69, 9.17) is 10.6 Å². The average Bonchev–Trinajstić information content (AvgIpc) is 2.92. The third-order valence-corrected chi connectivity index (χ3v) is 4.58. The molecular weight excluding hydrogens is 336 g/mol. The summed E-state index contributed by atoms with van der Waals surface area (Å²) in [5.74, 6) is -1.27. The molecule has 2 aliphatic rings. The molecule has 0 bridgehead atoms. The highest BCUT2D eigenvalue weighted by Crippen LogP contribution is 2.35. The Bertz CT molecular complexity index is 734. The molecule has 8 nitrogen and oxygen atoms in total. The number of amides is 2. The van der Waals surface area contributed by atoms with Crippen molar-refractivity contribution in [1.82, 2.24) is 9.88 Å². The van der Waals surface area contributed by atoms with Gasteiger partial charge in [0, 0.05) is 30.9 Å². The van der Waals surface area contributed by atoms with Crippen LogP contribution in [0.2, 0.25) is 0 Å². The molecule has 2 amide bonds. The van der Waals surface area contributed by atoms with E-state index in [1.807, 2.05) is 12.2 Å². The van der Waals surface area contributed by atoms with E-state index in [1.54, 1.807) is 24.5 Å². The molecule has 136 valence electrons. The van der Waals surface area contributed by atoms with Crippen LogP contribution in [-0.4, -0.2) is 40.0 Å². The molecule has 1 aromatic rings. The Morgan fingerprint density at radius 3 is 2.42 bits per heavy atom. The Balaban J connectivity index is 1.45. The lowest BCUT2D eigenvalue weighted by Crippen LogP contribution is -2.32. The Kier molecular flexibility index (Phi) is 5.40. The monoisotopic (exact) mass is 356 g/mol. The maximum atomic E-state index is 12.3. The van der Waals surface area contributed by atoms with E-state index in [-0.39, 0.29) is 42.5 Å². The molecule has 0 aromatic carbocycles. The zero-order chi connectivity index (χ0) is 18.5. The molecule has 1 saturated heterocycles. The van der Waals surface area contributed by atoms with Crippen molar-refractivity contribution in [1.29, 1.82) is 0 Å². The largest absolute Gasteiger partial charge is 0.380 e. The zero-order valence-electron chi connectivity index (χ0n) is 14.2. The lowest BCUT2D eigenvalue weighted by molar-refractivity contribution is -0.145. The third-order valence-electron chi connectivity index (χ3n) is 4.58. The van der Waals surface area contributed by atoms with Crippen LogP contribution >= 0.6 is 0 Å². The second-order valence-corrected chi connectivity index (χ2v) is 6.26. The van der Waals surface area contributed by atoms with Gasteiger partial charge in [-0.2, -0.15) is 0 Å². The molecule has 0 radical (unpaired) electrons. The Morgan fingerprint density at radius 1 is 1.19 bits per heavy atom. The molecule has 8 heteroatoms. The molecule has 26 heavy (non-hydrogen) atoms. The maximum absolute atomic E-state index is 12.3. The summed E-state index contributed by atoms with van der Waals surface area (Å²) >= 11 is 0. The Morgan fingerprint density at radius 2 is 1.81 bits per heavy atom. The van der Waals surface area contributed by atoms with Gasteiger partial charge in [0.15, 0.2) is 5.84 Å². The van der Waals surface area contributed by atoms with Gasteiger partial charge in [-0.3, -0.25) is 19.5 Å². The average molecular weight is 356 g/mol. The molecule has 1 fully saturated rings. The number of rotatable bonds is 6. The minimum Gasteiger partial charge on any atom is -0.380 e. The number of imide groups is 1. The number of hydrogen-bond acceptors (Lipinski definition) is 6. The van der Waals surface area contributed by atoms with Gasteiger partial charge in [0.1, 0.15) is 0 Å². The number of carbonyl (C=O) groups excluding carboxylic acids is 3. The maximum Gasteiger partial charge on any atom is 0.335 e. The molecule has 0 saturated carbocycles. The fraction of sp³-hybridized carbons (Fsp3) is 0.389. The number of pyridine rings is 1. The SMILES string of the molecule is N/C(=N\OC(=O)CCCN1C(=O)[C@@H]2CC=CC[C@H]2C1=O)c1ccncc1. The van der Waals surface area contributed by atoms with Crippen LogP contribution in [-0.2, 0) is 19.2 Å². The van der Waals surface area contributed by atoms with Crippen molar-refractivity contribution in [3.63, 3.8) is 0 Å². The first-order valence-electron chi connectivity index (χ1n) is 8.52. The molecule has 1 aliphatic heterocycles. The standard InChI is InChI=1S/C18H20N4O4/c19-16(12-7-9-20-10-8-12)21-26-15(23)6-3-11-22-17(24)13-4-1-2-5-14(13)18(22)25/h1-2,7-10,13-14H,3-6,11H2,(H2,19,21)/t13-,14-/m1/s1. The molecular formula is C18H20N4O4. The number of amidine groups is 1. The number of oxime groups is 1. The molecule has 2 atom stereocenters. The van der Waals surface area contributed by atoms with Crippen LogP contribution in [0.5, 0.6) is 0 Å². The molecule has 0 spiro atoms. The third kappa shape index (κ3) is 3.79. The van der Waals surface area contributed by atoms with E-state index in [0.717, 1.165) is 0 Å². The van der Waals surface area contributed by atoms with Gasteiger partial charge in [-0.15, -0.1) is 0 Å². The summed E-state index contributed by atoms with van der Waals surface area (Å²) in [5, 5.41) is 3.59. The number of nitrogens with two attached hydrogens (primary N) is 1. The number of fused-ring (bicyclic) bond motifs is 1. The van der Waals surface area contributed by atoms with Crippen LogP contribution in [0.3, 0.4) is 0 Å². The molecule has 2 heterocycles. The first kappa shape index (κ1) is 17.8. The summed E-state index contributed by atoms with van der Waals surface area (Å²) < 4.78 is 0. The molecule has 2 N–H and O–H groups in total. The fourth-order valence-corrected chi connectivity index (χ4v) is 3.19. The van der Waals surface area contributed by atoms with Crippen LogP contribution in [0, 0.1) is 11.8 Å². The van der Waals surface area contributed by atoms with E-state index in [1.165, 1.54) is 4.90 Å². The fourth-order valence-electron chi connectivity index (χ4n) is 3.19. The van der Waals surface area contributed by atoms with E-state index in [9.17, 15) is 14.4 Å². The number of hydrogen-bond donors (Lipinski definition) is 1. The summed E-state index contributed by atoms with van der Waals surface area (Å²) in [6.45, 7) is 0.212.